The summed E-state index contributed by atoms with van der Waals surface area (Å²) >= 11 is 0. The zero-order valence-electron chi connectivity index (χ0n) is 19.4. The number of ether oxygens (including phenoxy) is 2. The van der Waals surface area contributed by atoms with Crippen LogP contribution in [-0.2, 0) is 22.8 Å². The van der Waals surface area contributed by atoms with E-state index in [1.165, 1.54) is 5.56 Å². The predicted octanol–water partition coefficient (Wildman–Crippen LogP) is 3.15. The normalized spacial score (nSPS) is 13.8. The molecule has 0 radical (unpaired) electrons. The van der Waals surface area contributed by atoms with Crippen LogP contribution in [-0.4, -0.2) is 62.2 Å². The Balaban J connectivity index is 1.37. The van der Waals surface area contributed by atoms with Crippen LogP contribution in [0.15, 0.2) is 55.1 Å². The van der Waals surface area contributed by atoms with Gasteiger partial charge in [0.1, 0.15) is 19.0 Å². The number of morpholine rings is 1. The second kappa shape index (κ2) is 10.6. The van der Waals surface area contributed by atoms with Gasteiger partial charge in [0.15, 0.2) is 5.82 Å². The molecule has 5 rings (SSSR count). The van der Waals surface area contributed by atoms with Crippen molar-refractivity contribution >= 4 is 5.82 Å². The highest BCUT2D eigenvalue weighted by Crippen LogP contribution is 2.23. The molecule has 0 saturated carbocycles. The molecule has 1 saturated heterocycles. The van der Waals surface area contributed by atoms with Gasteiger partial charge in [0, 0.05) is 37.1 Å². The average molecular weight is 480 g/mol. The molecule has 4 aromatic rings. The molecule has 0 aliphatic carbocycles. The van der Waals surface area contributed by atoms with Crippen LogP contribution < -0.4 is 9.64 Å². The van der Waals surface area contributed by atoms with Crippen molar-refractivity contribution in [2.24, 2.45) is 0 Å². The van der Waals surface area contributed by atoms with Crippen LogP contribution >= 0.6 is 0 Å². The monoisotopic (exact) mass is 479 g/mol. The molecule has 35 heavy (non-hydrogen) atoms. The summed E-state index contributed by atoms with van der Waals surface area (Å²) in [4.78, 5) is 19.1. The maximum absolute atomic E-state index is 12.0. The van der Waals surface area contributed by atoms with Gasteiger partial charge >= 0.3 is 6.01 Å². The fraction of sp³-hybridized carbons (Fsp3) is 0.333. The highest BCUT2D eigenvalue weighted by Gasteiger charge is 2.17. The molecule has 1 aliphatic heterocycles. The van der Waals surface area contributed by atoms with Crippen molar-refractivity contribution in [3.63, 3.8) is 0 Å². The number of aromatic nitrogens is 6. The molecule has 0 spiro atoms. The van der Waals surface area contributed by atoms with Crippen LogP contribution in [0.3, 0.4) is 0 Å². The van der Waals surface area contributed by atoms with E-state index in [0.717, 1.165) is 30.2 Å². The molecule has 182 valence electrons. The number of anilines is 1. The van der Waals surface area contributed by atoms with E-state index in [0.29, 0.717) is 37.9 Å². The zero-order valence-corrected chi connectivity index (χ0v) is 19.4. The van der Waals surface area contributed by atoms with Crippen LogP contribution in [0.1, 0.15) is 11.3 Å². The van der Waals surface area contributed by atoms with Crippen LogP contribution in [0.4, 0.5) is 10.3 Å². The van der Waals surface area contributed by atoms with Crippen molar-refractivity contribution in [1.29, 1.82) is 0 Å². The van der Waals surface area contributed by atoms with Gasteiger partial charge in [-0.2, -0.15) is 20.0 Å². The van der Waals surface area contributed by atoms with Crippen molar-refractivity contribution in [2.75, 3.05) is 37.8 Å². The summed E-state index contributed by atoms with van der Waals surface area (Å²) in [7, 11) is 0. The zero-order chi connectivity index (χ0) is 24.0. The number of halogens is 1. The van der Waals surface area contributed by atoms with Crippen LogP contribution in [0.25, 0.3) is 17.1 Å². The Morgan fingerprint density at radius 1 is 1.09 bits per heavy atom. The van der Waals surface area contributed by atoms with E-state index < -0.39 is 0 Å². The van der Waals surface area contributed by atoms with Crippen LogP contribution in [0, 0.1) is 6.92 Å². The first-order valence-corrected chi connectivity index (χ1v) is 11.4. The van der Waals surface area contributed by atoms with Crippen molar-refractivity contribution < 1.29 is 18.9 Å². The van der Waals surface area contributed by atoms with Gasteiger partial charge < -0.3 is 18.9 Å². The molecule has 0 unspecified atom stereocenters. The van der Waals surface area contributed by atoms with Gasteiger partial charge in [-0.1, -0.05) is 23.8 Å². The molecular weight excluding hydrogens is 453 g/mol. The highest BCUT2D eigenvalue weighted by molar-refractivity contribution is 5.60. The smallest absolute Gasteiger partial charge is 0.320 e. The summed E-state index contributed by atoms with van der Waals surface area (Å²) < 4.78 is 27.0. The summed E-state index contributed by atoms with van der Waals surface area (Å²) in [6.07, 6.45) is 5.19. The summed E-state index contributed by atoms with van der Waals surface area (Å²) in [6.45, 7) is 5.43. The van der Waals surface area contributed by atoms with E-state index in [1.54, 1.807) is 21.8 Å². The topological polar surface area (TPSA) is 92.3 Å². The predicted molar refractivity (Wildman–Crippen MR) is 126 cm³/mol. The largest absolute Gasteiger partial charge is 0.461 e. The number of hydrogen-bond donors (Lipinski definition) is 0. The van der Waals surface area contributed by atoms with E-state index in [9.17, 15) is 4.53 Å². The Hall–Kier alpha value is -3.83. The minimum atomic E-state index is -0.184. The lowest BCUT2D eigenvalue weighted by atomic mass is 10.1. The number of hydrogen-bond acceptors (Lipinski definition) is 8. The van der Waals surface area contributed by atoms with Crippen molar-refractivity contribution in [1.82, 2.24) is 29.3 Å². The number of imidazole rings is 1. The van der Waals surface area contributed by atoms with Gasteiger partial charge in [-0.3, -0.25) is 0 Å². The minimum absolute atomic E-state index is 0.184. The molecule has 4 heterocycles. The van der Waals surface area contributed by atoms with Gasteiger partial charge in [-0.15, -0.1) is 0 Å². The van der Waals surface area contributed by atoms with E-state index in [4.69, 9.17) is 14.6 Å². The first-order chi connectivity index (χ1) is 17.2. The lowest BCUT2D eigenvalue weighted by Crippen LogP contribution is -2.37. The maximum Gasteiger partial charge on any atom is 0.320 e. The Labute approximate surface area is 201 Å². The highest BCUT2D eigenvalue weighted by atomic mass is 19.3. The molecule has 1 fully saturated rings. The Bertz CT molecular complexity index is 1270. The Morgan fingerprint density at radius 2 is 1.94 bits per heavy atom. The summed E-state index contributed by atoms with van der Waals surface area (Å²) in [6, 6.07) is 12.3. The van der Waals surface area contributed by atoms with Crippen molar-refractivity contribution in [3.05, 3.63) is 66.4 Å². The second-order valence-electron chi connectivity index (χ2n) is 8.19. The van der Waals surface area contributed by atoms with Gasteiger partial charge in [-0.25, -0.2) is 9.67 Å². The molecule has 0 atom stereocenters. The molecule has 3 aromatic heterocycles. The number of rotatable bonds is 9. The molecular formula is C24H26FN7O3. The first kappa shape index (κ1) is 22.9. The molecule has 0 amide bonds. The Kier molecular flexibility index (Phi) is 6.96. The number of benzene rings is 1. The molecule has 11 heteroatoms. The van der Waals surface area contributed by atoms with Crippen molar-refractivity contribution in [2.45, 2.75) is 20.1 Å². The summed E-state index contributed by atoms with van der Waals surface area (Å²) in [5.74, 6) is 1.37. The van der Waals surface area contributed by atoms with Crippen LogP contribution in [0.5, 0.6) is 6.01 Å². The third-order valence-electron chi connectivity index (χ3n) is 5.62. The fourth-order valence-corrected chi connectivity index (χ4v) is 3.85. The Morgan fingerprint density at radius 3 is 2.77 bits per heavy atom. The molecule has 10 nitrogen and oxygen atoms in total. The number of aryl methyl sites for hydroxylation is 1. The van der Waals surface area contributed by atoms with E-state index >= 15 is 0 Å². The lowest BCUT2D eigenvalue weighted by molar-refractivity contribution is -0.145. The molecule has 0 N–H and O–H groups in total. The standard InChI is InChI=1S/C24H26FN7O3/c1-18-3-2-4-19(13-18)21-5-6-32(29-21)23-14-22(31-8-10-33-11-9-31)27-24(28-23)34-12-7-30-15-20(16-35-25)26-17-30/h2-6,13-15,17H,7-12,16H2,1H3. The van der Waals surface area contributed by atoms with Crippen molar-refractivity contribution in [3.8, 4) is 23.1 Å². The summed E-state index contributed by atoms with van der Waals surface area (Å²) in [5.41, 5.74) is 3.58. The quantitative estimate of drug-likeness (QED) is 0.362. The van der Waals surface area contributed by atoms with E-state index in [-0.39, 0.29) is 12.6 Å². The second-order valence-corrected chi connectivity index (χ2v) is 8.19. The first-order valence-electron chi connectivity index (χ1n) is 11.4. The molecule has 0 bridgehead atoms. The van der Waals surface area contributed by atoms with Gasteiger partial charge in [0.05, 0.1) is 37.5 Å². The minimum Gasteiger partial charge on any atom is -0.461 e. The van der Waals surface area contributed by atoms with E-state index in [2.05, 4.69) is 43.8 Å². The van der Waals surface area contributed by atoms with E-state index in [1.807, 2.05) is 30.5 Å². The SMILES string of the molecule is Cc1cccc(-c2ccn(-c3cc(N4CCOCC4)nc(OCCn4cnc(COF)c4)n3)n2)c1. The van der Waals surface area contributed by atoms with Gasteiger partial charge in [-0.05, 0) is 23.6 Å². The number of nitrogens with zero attached hydrogens (tertiary/aromatic N) is 7. The maximum atomic E-state index is 12.0. The third kappa shape index (κ3) is 5.64. The average Bonchev–Trinajstić information content (AvgIpc) is 3.55. The fourth-order valence-electron chi connectivity index (χ4n) is 3.85. The van der Waals surface area contributed by atoms with Crippen LogP contribution in [0.2, 0.25) is 0 Å². The molecule has 1 aromatic carbocycles. The van der Waals surface area contributed by atoms with Gasteiger partial charge in [0.2, 0.25) is 0 Å². The summed E-state index contributed by atoms with van der Waals surface area (Å²) in [5, 5.41) is 4.74. The van der Waals surface area contributed by atoms with Gasteiger partial charge in [0.25, 0.3) is 0 Å². The molecule has 1 aliphatic rings. The third-order valence-corrected chi connectivity index (χ3v) is 5.62. The lowest BCUT2D eigenvalue weighted by Gasteiger charge is -2.28.